The van der Waals surface area contributed by atoms with Crippen LogP contribution in [-0.2, 0) is 17.9 Å². The highest BCUT2D eigenvalue weighted by Crippen LogP contribution is 2.13. The molecule has 2 atom stereocenters. The van der Waals surface area contributed by atoms with Gasteiger partial charge in [-0.05, 0) is 31.4 Å². The van der Waals surface area contributed by atoms with Gasteiger partial charge in [0.15, 0.2) is 0 Å². The molecule has 136 valence electrons. The van der Waals surface area contributed by atoms with Crippen molar-refractivity contribution in [2.24, 2.45) is 0 Å². The molecule has 0 aliphatic rings. The SMILES string of the molecule is CC[C@H](C)N(Cc1ccc(C)cc1)C[C@H](O)COCc1ccccc1. The summed E-state index contributed by atoms with van der Waals surface area (Å²) >= 11 is 0. The Morgan fingerprint density at radius 1 is 1.00 bits per heavy atom. The Bertz CT molecular complexity index is 597. The zero-order chi connectivity index (χ0) is 18.1. The molecule has 0 aromatic heterocycles. The second-order valence-electron chi connectivity index (χ2n) is 6.83. The summed E-state index contributed by atoms with van der Waals surface area (Å²) in [7, 11) is 0. The van der Waals surface area contributed by atoms with Crippen molar-refractivity contribution >= 4 is 0 Å². The van der Waals surface area contributed by atoms with Crippen LogP contribution in [0, 0.1) is 6.92 Å². The minimum absolute atomic E-state index is 0.357. The van der Waals surface area contributed by atoms with Crippen molar-refractivity contribution < 1.29 is 9.84 Å². The first-order valence-corrected chi connectivity index (χ1v) is 9.17. The predicted molar refractivity (Wildman–Crippen MR) is 103 cm³/mol. The maximum absolute atomic E-state index is 10.4. The maximum Gasteiger partial charge on any atom is 0.0900 e. The van der Waals surface area contributed by atoms with Crippen LogP contribution in [0.4, 0.5) is 0 Å². The number of rotatable bonds is 10. The zero-order valence-electron chi connectivity index (χ0n) is 15.7. The lowest BCUT2D eigenvalue weighted by atomic mass is 10.1. The summed E-state index contributed by atoms with van der Waals surface area (Å²) in [6.07, 6.45) is 0.576. The summed E-state index contributed by atoms with van der Waals surface area (Å²) in [4.78, 5) is 2.33. The normalized spacial score (nSPS) is 13.8. The monoisotopic (exact) mass is 341 g/mol. The topological polar surface area (TPSA) is 32.7 Å². The molecule has 3 heteroatoms. The van der Waals surface area contributed by atoms with Gasteiger partial charge in [-0.3, -0.25) is 4.90 Å². The highest BCUT2D eigenvalue weighted by molar-refractivity contribution is 5.21. The van der Waals surface area contributed by atoms with E-state index in [1.54, 1.807) is 0 Å². The first-order valence-electron chi connectivity index (χ1n) is 9.17. The number of ether oxygens (including phenoxy) is 1. The Kier molecular flexibility index (Phi) is 8.13. The molecule has 3 nitrogen and oxygen atoms in total. The van der Waals surface area contributed by atoms with E-state index < -0.39 is 6.10 Å². The van der Waals surface area contributed by atoms with Crippen LogP contribution < -0.4 is 0 Å². The summed E-state index contributed by atoms with van der Waals surface area (Å²) < 4.78 is 5.69. The fourth-order valence-corrected chi connectivity index (χ4v) is 2.80. The highest BCUT2D eigenvalue weighted by Gasteiger charge is 2.17. The van der Waals surface area contributed by atoms with Gasteiger partial charge in [0.25, 0.3) is 0 Å². The number of nitrogens with zero attached hydrogens (tertiary/aromatic N) is 1. The summed E-state index contributed by atoms with van der Waals surface area (Å²) in [5, 5.41) is 10.4. The van der Waals surface area contributed by atoms with Gasteiger partial charge in [0.05, 0.1) is 19.3 Å². The van der Waals surface area contributed by atoms with Crippen molar-refractivity contribution in [3.8, 4) is 0 Å². The quantitative estimate of drug-likeness (QED) is 0.704. The maximum atomic E-state index is 10.4. The standard InChI is InChI=1S/C22H31NO2/c1-4-19(3)23(14-20-12-10-18(2)11-13-20)15-22(24)17-25-16-21-8-6-5-7-9-21/h5-13,19,22,24H,4,14-17H2,1-3H3/t19-,22-/m0/s1. The van der Waals surface area contributed by atoms with Crippen LogP contribution in [0.25, 0.3) is 0 Å². The van der Waals surface area contributed by atoms with Crippen LogP contribution >= 0.6 is 0 Å². The number of aliphatic hydroxyl groups is 1. The molecule has 0 fully saturated rings. The van der Waals surface area contributed by atoms with E-state index in [4.69, 9.17) is 4.74 Å². The molecule has 2 aromatic carbocycles. The van der Waals surface area contributed by atoms with E-state index >= 15 is 0 Å². The summed E-state index contributed by atoms with van der Waals surface area (Å²) in [5.74, 6) is 0. The van der Waals surface area contributed by atoms with E-state index in [1.165, 1.54) is 11.1 Å². The largest absolute Gasteiger partial charge is 0.389 e. The van der Waals surface area contributed by atoms with E-state index in [2.05, 4.69) is 49.9 Å². The molecular formula is C22H31NO2. The fraction of sp³-hybridized carbons (Fsp3) is 0.455. The molecule has 0 aliphatic carbocycles. The van der Waals surface area contributed by atoms with Gasteiger partial charge in [0.2, 0.25) is 0 Å². The Morgan fingerprint density at radius 3 is 2.32 bits per heavy atom. The van der Waals surface area contributed by atoms with Crippen molar-refractivity contribution in [3.05, 3.63) is 71.3 Å². The molecule has 1 N–H and O–H groups in total. The molecule has 2 aromatic rings. The van der Waals surface area contributed by atoms with Crippen molar-refractivity contribution in [1.82, 2.24) is 4.90 Å². The third-order valence-corrected chi connectivity index (χ3v) is 4.59. The van der Waals surface area contributed by atoms with Gasteiger partial charge < -0.3 is 9.84 Å². The number of aryl methyl sites for hydroxylation is 1. The molecule has 0 unspecified atom stereocenters. The summed E-state index contributed by atoms with van der Waals surface area (Å²) in [6.45, 7) is 8.87. The fourth-order valence-electron chi connectivity index (χ4n) is 2.80. The van der Waals surface area contributed by atoms with Gasteiger partial charge in [-0.15, -0.1) is 0 Å². The van der Waals surface area contributed by atoms with Gasteiger partial charge in [0.1, 0.15) is 0 Å². The van der Waals surface area contributed by atoms with E-state index in [0.717, 1.165) is 18.5 Å². The Morgan fingerprint density at radius 2 is 1.68 bits per heavy atom. The second kappa shape index (κ2) is 10.3. The van der Waals surface area contributed by atoms with Crippen LogP contribution in [0.1, 0.15) is 37.0 Å². The van der Waals surface area contributed by atoms with Gasteiger partial charge in [-0.2, -0.15) is 0 Å². The minimum atomic E-state index is -0.483. The van der Waals surface area contributed by atoms with Crippen molar-refractivity contribution in [2.75, 3.05) is 13.2 Å². The molecule has 2 rings (SSSR count). The number of benzene rings is 2. The van der Waals surface area contributed by atoms with Crippen LogP contribution in [0.5, 0.6) is 0 Å². The average Bonchev–Trinajstić information content (AvgIpc) is 2.63. The Labute approximate surface area is 152 Å². The van der Waals surface area contributed by atoms with Crippen molar-refractivity contribution in [1.29, 1.82) is 0 Å². The van der Waals surface area contributed by atoms with Crippen molar-refractivity contribution in [2.45, 2.75) is 52.5 Å². The lowest BCUT2D eigenvalue weighted by Crippen LogP contribution is -2.39. The molecule has 0 saturated carbocycles. The number of aliphatic hydroxyl groups excluding tert-OH is 1. The predicted octanol–water partition coefficient (Wildman–Crippen LogP) is 4.17. The molecule has 0 bridgehead atoms. The molecule has 0 amide bonds. The molecule has 0 heterocycles. The highest BCUT2D eigenvalue weighted by atomic mass is 16.5. The second-order valence-corrected chi connectivity index (χ2v) is 6.83. The van der Waals surface area contributed by atoms with Crippen LogP contribution in [0.3, 0.4) is 0 Å². The van der Waals surface area contributed by atoms with Crippen LogP contribution in [-0.4, -0.2) is 35.3 Å². The van der Waals surface area contributed by atoms with E-state index in [1.807, 2.05) is 30.3 Å². The third kappa shape index (κ3) is 6.99. The Hall–Kier alpha value is -1.68. The molecule has 0 spiro atoms. The summed E-state index contributed by atoms with van der Waals surface area (Å²) in [6, 6.07) is 19.1. The molecule has 0 saturated heterocycles. The zero-order valence-corrected chi connectivity index (χ0v) is 15.7. The lowest BCUT2D eigenvalue weighted by Gasteiger charge is -2.30. The number of hydrogen-bond acceptors (Lipinski definition) is 3. The summed E-state index contributed by atoms with van der Waals surface area (Å²) in [5.41, 5.74) is 3.68. The lowest BCUT2D eigenvalue weighted by molar-refractivity contribution is 0.00145. The van der Waals surface area contributed by atoms with Gasteiger partial charge in [0, 0.05) is 19.1 Å². The van der Waals surface area contributed by atoms with Gasteiger partial charge in [-0.1, -0.05) is 67.1 Å². The first kappa shape index (κ1) is 19.6. The van der Waals surface area contributed by atoms with Gasteiger partial charge >= 0.3 is 0 Å². The molecule has 25 heavy (non-hydrogen) atoms. The van der Waals surface area contributed by atoms with E-state index in [9.17, 15) is 5.11 Å². The van der Waals surface area contributed by atoms with Gasteiger partial charge in [-0.25, -0.2) is 0 Å². The number of hydrogen-bond donors (Lipinski definition) is 1. The first-order chi connectivity index (χ1) is 12.1. The van der Waals surface area contributed by atoms with Crippen LogP contribution in [0.15, 0.2) is 54.6 Å². The van der Waals surface area contributed by atoms with E-state index in [0.29, 0.717) is 25.8 Å². The molecular weight excluding hydrogens is 310 g/mol. The smallest absolute Gasteiger partial charge is 0.0900 e. The van der Waals surface area contributed by atoms with Crippen LogP contribution in [0.2, 0.25) is 0 Å². The minimum Gasteiger partial charge on any atom is -0.389 e. The Balaban J connectivity index is 1.84. The third-order valence-electron chi connectivity index (χ3n) is 4.59. The molecule has 0 radical (unpaired) electrons. The molecule has 0 aliphatic heterocycles. The van der Waals surface area contributed by atoms with Crippen molar-refractivity contribution in [3.63, 3.8) is 0 Å². The van der Waals surface area contributed by atoms with E-state index in [-0.39, 0.29) is 0 Å². The average molecular weight is 341 g/mol.